The summed E-state index contributed by atoms with van der Waals surface area (Å²) in [6.07, 6.45) is 4.01. The summed E-state index contributed by atoms with van der Waals surface area (Å²) in [5, 5.41) is 4.93. The van der Waals surface area contributed by atoms with Crippen molar-refractivity contribution in [3.63, 3.8) is 0 Å². The Morgan fingerprint density at radius 2 is 2.04 bits per heavy atom. The van der Waals surface area contributed by atoms with Crippen molar-refractivity contribution in [2.24, 2.45) is 0 Å². The molecule has 0 unspecified atom stereocenters. The summed E-state index contributed by atoms with van der Waals surface area (Å²) in [5.41, 5.74) is 3.01. The quantitative estimate of drug-likeness (QED) is 0.495. The van der Waals surface area contributed by atoms with E-state index >= 15 is 0 Å². The smallest absolute Gasteiger partial charge is 0.263 e. The van der Waals surface area contributed by atoms with E-state index in [1.807, 2.05) is 19.9 Å². The number of amides is 2. The zero-order valence-electron chi connectivity index (χ0n) is 13.1. The fourth-order valence-electron chi connectivity index (χ4n) is 3.01. The number of rotatable bonds is 3. The predicted molar refractivity (Wildman–Crippen MR) is 89.7 cm³/mol. The minimum atomic E-state index is -0.470. The van der Waals surface area contributed by atoms with Crippen LogP contribution in [0.2, 0.25) is 0 Å². The molecular weight excluding hydrogens is 314 g/mol. The molecule has 0 aromatic carbocycles. The zero-order chi connectivity index (χ0) is 16.6. The van der Waals surface area contributed by atoms with Crippen LogP contribution in [0.1, 0.15) is 29.8 Å². The van der Waals surface area contributed by atoms with Crippen molar-refractivity contribution < 1.29 is 14.3 Å². The van der Waals surface area contributed by atoms with Crippen LogP contribution in [0.3, 0.4) is 0 Å². The van der Waals surface area contributed by atoms with E-state index in [9.17, 15) is 9.59 Å². The van der Waals surface area contributed by atoms with Crippen LogP contribution in [-0.4, -0.2) is 34.2 Å². The van der Waals surface area contributed by atoms with E-state index in [2.05, 4.69) is 15.2 Å². The lowest BCUT2D eigenvalue weighted by atomic mass is 10.1. The lowest BCUT2D eigenvalue weighted by Crippen LogP contribution is -2.51. The molecule has 1 aromatic heterocycles. The van der Waals surface area contributed by atoms with E-state index in [0.29, 0.717) is 0 Å². The van der Waals surface area contributed by atoms with Gasteiger partial charge in [-0.2, -0.15) is 0 Å². The van der Waals surface area contributed by atoms with Gasteiger partial charge in [0.05, 0.1) is 6.10 Å². The van der Waals surface area contributed by atoms with E-state index in [1.54, 1.807) is 6.08 Å². The van der Waals surface area contributed by atoms with Crippen molar-refractivity contribution in [2.75, 3.05) is 6.61 Å². The number of hydrogen-bond donors (Lipinski definition) is 2. The minimum Gasteiger partial charge on any atom is -0.376 e. The average molecular weight is 333 g/mol. The summed E-state index contributed by atoms with van der Waals surface area (Å²) >= 11 is 4.80. The van der Waals surface area contributed by atoms with E-state index < -0.39 is 11.8 Å². The first-order valence-corrected chi connectivity index (χ1v) is 8.03. The number of aromatic nitrogens is 1. The van der Waals surface area contributed by atoms with Gasteiger partial charge in [-0.3, -0.25) is 20.2 Å². The maximum Gasteiger partial charge on any atom is 0.263 e. The van der Waals surface area contributed by atoms with E-state index in [4.69, 9.17) is 17.0 Å². The highest BCUT2D eigenvalue weighted by atomic mass is 32.1. The van der Waals surface area contributed by atoms with E-state index in [1.165, 1.54) is 0 Å². The maximum absolute atomic E-state index is 11.9. The molecule has 0 saturated carbocycles. The van der Waals surface area contributed by atoms with Gasteiger partial charge < -0.3 is 9.30 Å². The Labute approximate surface area is 139 Å². The second kappa shape index (κ2) is 6.25. The van der Waals surface area contributed by atoms with Crippen molar-refractivity contribution in [1.82, 2.24) is 15.2 Å². The molecule has 2 fully saturated rings. The molecule has 2 aliphatic heterocycles. The monoisotopic (exact) mass is 333 g/mol. The molecule has 2 N–H and O–H groups in total. The van der Waals surface area contributed by atoms with Crippen LogP contribution in [0.25, 0.3) is 6.08 Å². The molecule has 7 heteroatoms. The third-order valence-electron chi connectivity index (χ3n) is 4.27. The number of nitrogens with zero attached hydrogens (tertiary/aromatic N) is 1. The van der Waals surface area contributed by atoms with Crippen LogP contribution in [0.15, 0.2) is 11.6 Å². The van der Waals surface area contributed by atoms with Gasteiger partial charge >= 0.3 is 0 Å². The molecule has 0 aliphatic carbocycles. The number of carbonyl (C=O) groups is 2. The van der Waals surface area contributed by atoms with Gasteiger partial charge in [-0.1, -0.05) is 0 Å². The Morgan fingerprint density at radius 1 is 1.35 bits per heavy atom. The van der Waals surface area contributed by atoms with E-state index in [0.717, 1.165) is 42.9 Å². The lowest BCUT2D eigenvalue weighted by molar-refractivity contribution is -0.123. The molecule has 1 atom stereocenters. The van der Waals surface area contributed by atoms with Crippen LogP contribution in [0.5, 0.6) is 0 Å². The summed E-state index contributed by atoms with van der Waals surface area (Å²) < 4.78 is 7.87. The summed E-state index contributed by atoms with van der Waals surface area (Å²) in [6, 6.07) is 1.98. The third-order valence-corrected chi connectivity index (χ3v) is 4.47. The largest absolute Gasteiger partial charge is 0.376 e. The zero-order valence-corrected chi connectivity index (χ0v) is 14.0. The van der Waals surface area contributed by atoms with E-state index in [-0.39, 0.29) is 16.8 Å². The summed E-state index contributed by atoms with van der Waals surface area (Å²) in [5.74, 6) is -0.939. The number of nitrogens with one attached hydrogen (secondary N) is 2. The molecule has 23 heavy (non-hydrogen) atoms. The van der Waals surface area contributed by atoms with Crippen molar-refractivity contribution in [3.05, 3.63) is 28.6 Å². The fraction of sp³-hybridized carbons (Fsp3) is 0.438. The van der Waals surface area contributed by atoms with Gasteiger partial charge in [-0.25, -0.2) is 0 Å². The molecule has 122 valence electrons. The standard InChI is InChI=1S/C16H19N3O3S/c1-9-6-11(7-13-14(20)17-16(23)18-15(13)21)10(2)19(9)8-12-4-3-5-22-12/h6-7,12H,3-5,8H2,1-2H3,(H2,17,18,20,21,23)/t12-/m0/s1. The maximum atomic E-state index is 11.9. The topological polar surface area (TPSA) is 72.4 Å². The molecule has 2 saturated heterocycles. The van der Waals surface area contributed by atoms with Gasteiger partial charge in [0.15, 0.2) is 5.11 Å². The van der Waals surface area contributed by atoms with Crippen LogP contribution in [-0.2, 0) is 20.9 Å². The van der Waals surface area contributed by atoms with Gasteiger partial charge in [0.2, 0.25) is 0 Å². The normalized spacial score (nSPS) is 21.4. The van der Waals surface area contributed by atoms with Gasteiger partial charge in [0.25, 0.3) is 11.8 Å². The van der Waals surface area contributed by atoms with Crippen molar-refractivity contribution in [3.8, 4) is 0 Å². The van der Waals surface area contributed by atoms with Crippen molar-refractivity contribution in [1.29, 1.82) is 0 Å². The van der Waals surface area contributed by atoms with Crippen molar-refractivity contribution in [2.45, 2.75) is 39.3 Å². The molecule has 0 radical (unpaired) electrons. The van der Waals surface area contributed by atoms with Gasteiger partial charge in [-0.15, -0.1) is 0 Å². The summed E-state index contributed by atoms with van der Waals surface area (Å²) in [4.78, 5) is 23.9. The second-order valence-corrected chi connectivity index (χ2v) is 6.28. The predicted octanol–water partition coefficient (Wildman–Crippen LogP) is 1.20. The van der Waals surface area contributed by atoms with Gasteiger partial charge in [-0.05, 0) is 56.6 Å². The van der Waals surface area contributed by atoms with Crippen LogP contribution in [0, 0.1) is 13.8 Å². The first-order valence-electron chi connectivity index (χ1n) is 7.62. The molecule has 3 rings (SSSR count). The molecule has 6 nitrogen and oxygen atoms in total. The molecule has 2 aliphatic rings. The third kappa shape index (κ3) is 3.20. The minimum absolute atomic E-state index is 0.0426. The van der Waals surface area contributed by atoms with Crippen LogP contribution >= 0.6 is 12.2 Å². The van der Waals surface area contributed by atoms with Gasteiger partial charge in [0.1, 0.15) is 5.57 Å². The number of thiocarbonyl (C=S) groups is 1. The Balaban J connectivity index is 1.88. The second-order valence-electron chi connectivity index (χ2n) is 5.87. The molecule has 1 aromatic rings. The van der Waals surface area contributed by atoms with Crippen LogP contribution < -0.4 is 10.6 Å². The number of ether oxygens (including phenoxy) is 1. The Morgan fingerprint density at radius 3 is 2.65 bits per heavy atom. The fourth-order valence-corrected chi connectivity index (χ4v) is 3.19. The Hall–Kier alpha value is -1.99. The van der Waals surface area contributed by atoms with Crippen molar-refractivity contribution >= 4 is 35.2 Å². The Bertz CT molecular complexity index is 692. The summed E-state index contributed by atoms with van der Waals surface area (Å²) in [6.45, 7) is 5.61. The number of hydrogen-bond acceptors (Lipinski definition) is 4. The highest BCUT2D eigenvalue weighted by Crippen LogP contribution is 2.22. The number of carbonyl (C=O) groups excluding carboxylic acids is 2. The highest BCUT2D eigenvalue weighted by Gasteiger charge is 2.26. The van der Waals surface area contributed by atoms with Crippen LogP contribution in [0.4, 0.5) is 0 Å². The van der Waals surface area contributed by atoms with Gasteiger partial charge in [0, 0.05) is 24.5 Å². The average Bonchev–Trinajstić information content (AvgIpc) is 3.07. The summed E-state index contributed by atoms with van der Waals surface area (Å²) in [7, 11) is 0. The molecule has 2 amide bonds. The SMILES string of the molecule is Cc1cc(C=C2C(=O)NC(=S)NC2=O)c(C)n1C[C@@H]1CCCO1. The lowest BCUT2D eigenvalue weighted by Gasteiger charge is -2.16. The molecule has 3 heterocycles. The molecule has 0 spiro atoms. The molecule has 0 bridgehead atoms. The highest BCUT2D eigenvalue weighted by molar-refractivity contribution is 7.80. The first kappa shape index (κ1) is 15.9. The Kier molecular flexibility index (Phi) is 4.32. The molecular formula is C16H19N3O3S. The first-order chi connectivity index (χ1) is 11.0. The number of aryl methyl sites for hydroxylation is 1.